The maximum atomic E-state index is 12.2. The molecule has 1 aliphatic rings. The lowest BCUT2D eigenvalue weighted by atomic mass is 10.4. The van der Waals surface area contributed by atoms with Crippen molar-refractivity contribution in [1.29, 1.82) is 0 Å². The van der Waals surface area contributed by atoms with Crippen molar-refractivity contribution in [1.82, 2.24) is 9.78 Å². The zero-order valence-corrected chi connectivity index (χ0v) is 12.0. The van der Waals surface area contributed by atoms with E-state index in [1.165, 1.54) is 0 Å². The molecule has 1 aliphatic heterocycles. The largest absolute Gasteiger partial charge is 0.380 e. The lowest BCUT2D eigenvalue weighted by molar-refractivity contribution is 0.198. The van der Waals surface area contributed by atoms with Crippen molar-refractivity contribution in [3.05, 3.63) is 16.4 Å². The van der Waals surface area contributed by atoms with Crippen molar-refractivity contribution < 1.29 is 13.2 Å². The highest BCUT2D eigenvalue weighted by Gasteiger charge is 2.31. The Kier molecular flexibility index (Phi) is 3.89. The predicted molar refractivity (Wildman–Crippen MR) is 67.4 cm³/mol. The molecule has 1 aromatic rings. The molecule has 17 heavy (non-hydrogen) atoms. The fourth-order valence-corrected chi connectivity index (χ4v) is 4.21. The van der Waals surface area contributed by atoms with Gasteiger partial charge in [0, 0.05) is 13.2 Å². The Balaban J connectivity index is 2.22. The van der Waals surface area contributed by atoms with Crippen LogP contribution in [0.1, 0.15) is 19.0 Å². The molecule has 0 N–H and O–H groups in total. The Hall–Kier alpha value is -0.400. The van der Waals surface area contributed by atoms with E-state index in [2.05, 4.69) is 21.0 Å². The van der Waals surface area contributed by atoms with E-state index in [0.717, 1.165) is 10.2 Å². The zero-order valence-electron chi connectivity index (χ0n) is 9.60. The van der Waals surface area contributed by atoms with Gasteiger partial charge in [-0.2, -0.15) is 5.10 Å². The molecule has 1 fully saturated rings. The number of halogens is 1. The lowest BCUT2D eigenvalue weighted by Crippen LogP contribution is -2.24. The Morgan fingerprint density at radius 1 is 1.65 bits per heavy atom. The molecule has 0 bridgehead atoms. The van der Waals surface area contributed by atoms with Crippen molar-refractivity contribution in [2.45, 2.75) is 30.9 Å². The number of hydrogen-bond donors (Lipinski definition) is 0. The molecular weight excluding hydrogens is 308 g/mol. The normalized spacial score (nSPS) is 20.9. The van der Waals surface area contributed by atoms with Gasteiger partial charge in [-0.3, -0.25) is 4.68 Å². The highest BCUT2D eigenvalue weighted by molar-refractivity contribution is 9.10. The van der Waals surface area contributed by atoms with Crippen molar-refractivity contribution >= 4 is 25.8 Å². The van der Waals surface area contributed by atoms with E-state index >= 15 is 0 Å². The summed E-state index contributed by atoms with van der Waals surface area (Å²) in [5.41, 5.74) is 0.722. The minimum Gasteiger partial charge on any atom is -0.380 e. The summed E-state index contributed by atoms with van der Waals surface area (Å²) < 4.78 is 32.0. The number of aryl methyl sites for hydroxylation is 1. The topological polar surface area (TPSA) is 61.2 Å². The SMILES string of the molecule is CCn1ncc(Br)c1CS(=O)(=O)C1CCOC1. The fraction of sp³-hybridized carbons (Fsp3) is 0.700. The van der Waals surface area contributed by atoms with E-state index in [1.807, 2.05) is 6.92 Å². The van der Waals surface area contributed by atoms with Gasteiger partial charge in [-0.15, -0.1) is 0 Å². The van der Waals surface area contributed by atoms with Gasteiger partial charge in [0.2, 0.25) is 0 Å². The Morgan fingerprint density at radius 2 is 2.41 bits per heavy atom. The predicted octanol–water partition coefficient (Wildman–Crippen LogP) is 1.37. The summed E-state index contributed by atoms with van der Waals surface area (Å²) in [6.45, 7) is 3.46. The summed E-state index contributed by atoms with van der Waals surface area (Å²) in [5, 5.41) is 3.75. The van der Waals surface area contributed by atoms with Gasteiger partial charge >= 0.3 is 0 Å². The molecule has 0 saturated carbocycles. The Labute approximate surface area is 109 Å². The third kappa shape index (κ3) is 2.71. The van der Waals surface area contributed by atoms with Gasteiger partial charge < -0.3 is 4.74 Å². The molecule has 2 rings (SSSR count). The van der Waals surface area contributed by atoms with Gasteiger partial charge in [-0.25, -0.2) is 8.42 Å². The van der Waals surface area contributed by atoms with E-state index in [9.17, 15) is 8.42 Å². The van der Waals surface area contributed by atoms with E-state index in [-0.39, 0.29) is 11.0 Å². The Bertz CT molecular complexity index is 492. The number of hydrogen-bond acceptors (Lipinski definition) is 4. The van der Waals surface area contributed by atoms with Crippen molar-refractivity contribution in [3.8, 4) is 0 Å². The van der Waals surface area contributed by atoms with Crippen LogP contribution in [0.3, 0.4) is 0 Å². The first kappa shape index (κ1) is 13.0. The molecule has 96 valence electrons. The van der Waals surface area contributed by atoms with Gasteiger partial charge in [0.1, 0.15) is 0 Å². The highest BCUT2D eigenvalue weighted by atomic mass is 79.9. The lowest BCUT2D eigenvalue weighted by Gasteiger charge is -2.11. The van der Waals surface area contributed by atoms with Gasteiger partial charge in [0.25, 0.3) is 0 Å². The number of ether oxygens (including phenoxy) is 1. The summed E-state index contributed by atoms with van der Waals surface area (Å²) in [6, 6.07) is 0. The van der Waals surface area contributed by atoms with Crippen LogP contribution in [0.4, 0.5) is 0 Å². The molecule has 0 spiro atoms. The minimum absolute atomic E-state index is 0.0233. The second-order valence-electron chi connectivity index (χ2n) is 4.05. The molecule has 1 unspecified atom stereocenters. The number of rotatable bonds is 4. The average molecular weight is 323 g/mol. The minimum atomic E-state index is -3.15. The molecule has 1 saturated heterocycles. The van der Waals surface area contributed by atoms with E-state index < -0.39 is 9.84 Å². The molecule has 0 amide bonds. The first-order chi connectivity index (χ1) is 8.04. The van der Waals surface area contributed by atoms with Crippen LogP contribution in [0.5, 0.6) is 0 Å². The first-order valence-corrected chi connectivity index (χ1v) is 8.05. The molecule has 1 aromatic heterocycles. The van der Waals surface area contributed by atoms with Crippen LogP contribution in [0.25, 0.3) is 0 Å². The summed E-state index contributed by atoms with van der Waals surface area (Å²) in [6.07, 6.45) is 2.24. The summed E-state index contributed by atoms with van der Waals surface area (Å²) in [5.74, 6) is 0.0233. The fourth-order valence-electron chi connectivity index (χ4n) is 1.91. The molecular formula is C10H15BrN2O3S. The highest BCUT2D eigenvalue weighted by Crippen LogP contribution is 2.23. The van der Waals surface area contributed by atoms with Crippen molar-refractivity contribution in [3.63, 3.8) is 0 Å². The van der Waals surface area contributed by atoms with Crippen molar-refractivity contribution in [2.75, 3.05) is 13.2 Å². The third-order valence-electron chi connectivity index (χ3n) is 2.93. The van der Waals surface area contributed by atoms with Crippen LogP contribution in [-0.2, 0) is 26.9 Å². The van der Waals surface area contributed by atoms with Gasteiger partial charge in [-0.05, 0) is 29.3 Å². The van der Waals surface area contributed by atoms with Crippen LogP contribution in [0, 0.1) is 0 Å². The standard InChI is InChI=1S/C10H15BrN2O3S/c1-2-13-10(9(11)5-12-13)7-17(14,15)8-3-4-16-6-8/h5,8H,2-4,6-7H2,1H3. The first-order valence-electron chi connectivity index (χ1n) is 5.54. The van der Waals surface area contributed by atoms with Gasteiger partial charge in [0.15, 0.2) is 9.84 Å². The number of sulfone groups is 1. The van der Waals surface area contributed by atoms with Gasteiger partial charge in [0.05, 0.1) is 34.0 Å². The molecule has 7 heteroatoms. The maximum absolute atomic E-state index is 12.2. The van der Waals surface area contributed by atoms with E-state index in [4.69, 9.17) is 4.74 Å². The number of aromatic nitrogens is 2. The molecule has 0 aliphatic carbocycles. The second kappa shape index (κ2) is 5.07. The molecule has 0 radical (unpaired) electrons. The van der Waals surface area contributed by atoms with Crippen molar-refractivity contribution in [2.24, 2.45) is 0 Å². The monoisotopic (exact) mass is 322 g/mol. The smallest absolute Gasteiger partial charge is 0.161 e. The summed E-state index contributed by atoms with van der Waals surface area (Å²) >= 11 is 3.34. The molecule has 0 aromatic carbocycles. The van der Waals surface area contributed by atoms with E-state index in [0.29, 0.717) is 26.2 Å². The van der Waals surface area contributed by atoms with Crippen LogP contribution >= 0.6 is 15.9 Å². The maximum Gasteiger partial charge on any atom is 0.161 e. The quantitative estimate of drug-likeness (QED) is 0.840. The molecule has 5 nitrogen and oxygen atoms in total. The third-order valence-corrected chi connectivity index (χ3v) is 5.66. The molecule has 2 heterocycles. The van der Waals surface area contributed by atoms with Crippen LogP contribution in [0.15, 0.2) is 10.7 Å². The summed E-state index contributed by atoms with van der Waals surface area (Å²) in [7, 11) is -3.15. The number of nitrogens with zero attached hydrogens (tertiary/aromatic N) is 2. The van der Waals surface area contributed by atoms with Crippen LogP contribution < -0.4 is 0 Å². The average Bonchev–Trinajstić information content (AvgIpc) is 2.90. The van der Waals surface area contributed by atoms with Crippen LogP contribution in [-0.4, -0.2) is 36.7 Å². The van der Waals surface area contributed by atoms with E-state index in [1.54, 1.807) is 10.9 Å². The zero-order chi connectivity index (χ0) is 12.5. The van der Waals surface area contributed by atoms with Crippen LogP contribution in [0.2, 0.25) is 0 Å². The summed E-state index contributed by atoms with van der Waals surface area (Å²) in [4.78, 5) is 0. The second-order valence-corrected chi connectivity index (χ2v) is 7.18. The Morgan fingerprint density at radius 3 is 3.00 bits per heavy atom. The van der Waals surface area contributed by atoms with Gasteiger partial charge in [-0.1, -0.05) is 0 Å². The molecule has 1 atom stereocenters.